The van der Waals surface area contributed by atoms with E-state index in [-0.39, 0.29) is 0 Å². The number of hydrogen-bond donors (Lipinski definition) is 0. The van der Waals surface area contributed by atoms with E-state index in [0.717, 1.165) is 17.8 Å². The quantitative estimate of drug-likeness (QED) is 0.660. The summed E-state index contributed by atoms with van der Waals surface area (Å²) in [5.41, 5.74) is 1.48. The van der Waals surface area contributed by atoms with Gasteiger partial charge in [0.2, 0.25) is 0 Å². The predicted molar refractivity (Wildman–Crippen MR) is 67.9 cm³/mol. The van der Waals surface area contributed by atoms with E-state index in [0.29, 0.717) is 0 Å². The van der Waals surface area contributed by atoms with Gasteiger partial charge in [-0.05, 0) is 29.7 Å². The number of hydrogen-bond acceptors (Lipinski definition) is 0. The first kappa shape index (κ1) is 12.3. The molecule has 0 aliphatic carbocycles. The molecule has 0 heterocycles. The van der Waals surface area contributed by atoms with Crippen molar-refractivity contribution in [3.63, 3.8) is 0 Å². The molecule has 0 aromatic heterocycles. The molecule has 0 N–H and O–H groups in total. The van der Waals surface area contributed by atoms with Gasteiger partial charge in [0.1, 0.15) is 0 Å². The van der Waals surface area contributed by atoms with Crippen molar-refractivity contribution in [3.05, 3.63) is 35.9 Å². The summed E-state index contributed by atoms with van der Waals surface area (Å²) in [4.78, 5) is 0. The van der Waals surface area contributed by atoms with Crippen LogP contribution in [-0.2, 0) is 6.42 Å². The minimum absolute atomic E-state index is 0.778. The van der Waals surface area contributed by atoms with Crippen LogP contribution in [0, 0.1) is 17.8 Å². The molecule has 0 fully saturated rings. The highest BCUT2D eigenvalue weighted by Crippen LogP contribution is 2.27. The Kier molecular flexibility index (Phi) is 4.87. The van der Waals surface area contributed by atoms with Gasteiger partial charge in [0.25, 0.3) is 0 Å². The standard InChI is InChI=1S/C15H24/c1-5-13(4)15(12(2)3)11-14-9-7-6-8-10-14/h6-10,12-13,15H,5,11H2,1-4H3. The average molecular weight is 204 g/mol. The molecule has 1 aromatic rings. The molecule has 15 heavy (non-hydrogen) atoms. The van der Waals surface area contributed by atoms with Crippen molar-refractivity contribution >= 4 is 0 Å². The average Bonchev–Trinajstić information content (AvgIpc) is 2.26. The second-order valence-corrected chi connectivity index (χ2v) is 4.98. The highest BCUT2D eigenvalue weighted by atomic mass is 14.2. The van der Waals surface area contributed by atoms with Crippen LogP contribution in [0.25, 0.3) is 0 Å². The van der Waals surface area contributed by atoms with E-state index in [1.165, 1.54) is 18.4 Å². The number of benzene rings is 1. The molecule has 0 aliphatic heterocycles. The largest absolute Gasteiger partial charge is 0.0651 e. The van der Waals surface area contributed by atoms with E-state index in [4.69, 9.17) is 0 Å². The van der Waals surface area contributed by atoms with E-state index < -0.39 is 0 Å². The number of rotatable bonds is 5. The van der Waals surface area contributed by atoms with E-state index in [2.05, 4.69) is 58.0 Å². The lowest BCUT2D eigenvalue weighted by atomic mass is 9.79. The van der Waals surface area contributed by atoms with Crippen LogP contribution >= 0.6 is 0 Å². The first-order chi connectivity index (χ1) is 7.15. The van der Waals surface area contributed by atoms with Gasteiger partial charge in [-0.3, -0.25) is 0 Å². The maximum atomic E-state index is 2.38. The predicted octanol–water partition coefficient (Wildman–Crippen LogP) is 4.55. The highest BCUT2D eigenvalue weighted by molar-refractivity contribution is 5.15. The molecule has 1 aromatic carbocycles. The summed E-state index contributed by atoms with van der Waals surface area (Å²) in [6, 6.07) is 10.9. The first-order valence-corrected chi connectivity index (χ1v) is 6.19. The van der Waals surface area contributed by atoms with Crippen molar-refractivity contribution < 1.29 is 0 Å². The van der Waals surface area contributed by atoms with Crippen LogP contribution in [0.5, 0.6) is 0 Å². The summed E-state index contributed by atoms with van der Waals surface area (Å²) in [6.45, 7) is 9.37. The lowest BCUT2D eigenvalue weighted by Crippen LogP contribution is -2.20. The van der Waals surface area contributed by atoms with Crippen molar-refractivity contribution in [2.75, 3.05) is 0 Å². The molecule has 0 aliphatic rings. The molecule has 2 unspecified atom stereocenters. The smallest absolute Gasteiger partial charge is 0.0245 e. The molecule has 0 saturated carbocycles. The Morgan fingerprint density at radius 3 is 2.07 bits per heavy atom. The van der Waals surface area contributed by atoms with Crippen molar-refractivity contribution in [1.82, 2.24) is 0 Å². The SMILES string of the molecule is CCC(C)C(Cc1ccccc1)C(C)C. The first-order valence-electron chi connectivity index (χ1n) is 6.19. The summed E-state index contributed by atoms with van der Waals surface area (Å²) in [5.74, 6) is 2.42. The summed E-state index contributed by atoms with van der Waals surface area (Å²) >= 11 is 0. The Labute approximate surface area is 94.7 Å². The normalized spacial score (nSPS) is 15.3. The van der Waals surface area contributed by atoms with E-state index in [9.17, 15) is 0 Å². The Balaban J connectivity index is 2.67. The molecule has 1 rings (SSSR count). The molecule has 0 nitrogen and oxygen atoms in total. The molecular formula is C15H24. The Morgan fingerprint density at radius 2 is 1.60 bits per heavy atom. The zero-order chi connectivity index (χ0) is 11.3. The van der Waals surface area contributed by atoms with Crippen LogP contribution in [0.1, 0.15) is 39.7 Å². The third-order valence-corrected chi connectivity index (χ3v) is 3.55. The molecule has 0 radical (unpaired) electrons. The summed E-state index contributed by atoms with van der Waals surface area (Å²) in [6.07, 6.45) is 2.52. The van der Waals surface area contributed by atoms with Crippen LogP contribution in [0.15, 0.2) is 30.3 Å². The minimum atomic E-state index is 0.778. The van der Waals surface area contributed by atoms with Gasteiger partial charge in [-0.2, -0.15) is 0 Å². The monoisotopic (exact) mass is 204 g/mol. The van der Waals surface area contributed by atoms with E-state index >= 15 is 0 Å². The van der Waals surface area contributed by atoms with Crippen LogP contribution in [-0.4, -0.2) is 0 Å². The lowest BCUT2D eigenvalue weighted by molar-refractivity contribution is 0.262. The fourth-order valence-corrected chi connectivity index (χ4v) is 2.28. The van der Waals surface area contributed by atoms with Crippen LogP contribution in [0.3, 0.4) is 0 Å². The van der Waals surface area contributed by atoms with Gasteiger partial charge in [-0.1, -0.05) is 64.4 Å². The maximum Gasteiger partial charge on any atom is -0.0245 e. The lowest BCUT2D eigenvalue weighted by Gasteiger charge is -2.26. The Morgan fingerprint density at radius 1 is 1.00 bits per heavy atom. The minimum Gasteiger partial charge on any atom is -0.0651 e. The van der Waals surface area contributed by atoms with E-state index in [1.807, 2.05) is 0 Å². The fourth-order valence-electron chi connectivity index (χ4n) is 2.28. The topological polar surface area (TPSA) is 0 Å². The molecule has 84 valence electrons. The van der Waals surface area contributed by atoms with Gasteiger partial charge >= 0.3 is 0 Å². The maximum absolute atomic E-state index is 2.38. The Bertz CT molecular complexity index is 261. The van der Waals surface area contributed by atoms with Crippen molar-refractivity contribution in [2.45, 2.75) is 40.5 Å². The van der Waals surface area contributed by atoms with Crippen molar-refractivity contribution in [2.24, 2.45) is 17.8 Å². The van der Waals surface area contributed by atoms with Gasteiger partial charge in [0, 0.05) is 0 Å². The molecular weight excluding hydrogens is 180 g/mol. The zero-order valence-electron chi connectivity index (χ0n) is 10.5. The molecule has 0 saturated heterocycles. The van der Waals surface area contributed by atoms with Gasteiger partial charge in [0.15, 0.2) is 0 Å². The third-order valence-electron chi connectivity index (χ3n) is 3.55. The third kappa shape index (κ3) is 3.70. The van der Waals surface area contributed by atoms with Crippen LogP contribution in [0.4, 0.5) is 0 Å². The second-order valence-electron chi connectivity index (χ2n) is 4.98. The van der Waals surface area contributed by atoms with Crippen molar-refractivity contribution in [1.29, 1.82) is 0 Å². The Hall–Kier alpha value is -0.780. The van der Waals surface area contributed by atoms with Crippen molar-refractivity contribution in [3.8, 4) is 0 Å². The van der Waals surface area contributed by atoms with Gasteiger partial charge in [0.05, 0.1) is 0 Å². The van der Waals surface area contributed by atoms with Gasteiger partial charge in [-0.15, -0.1) is 0 Å². The summed E-state index contributed by atoms with van der Waals surface area (Å²) < 4.78 is 0. The van der Waals surface area contributed by atoms with Gasteiger partial charge < -0.3 is 0 Å². The van der Waals surface area contributed by atoms with Crippen LogP contribution in [0.2, 0.25) is 0 Å². The molecule has 0 bridgehead atoms. The molecule has 0 heteroatoms. The fraction of sp³-hybridized carbons (Fsp3) is 0.600. The van der Waals surface area contributed by atoms with Crippen LogP contribution < -0.4 is 0 Å². The summed E-state index contributed by atoms with van der Waals surface area (Å²) in [7, 11) is 0. The zero-order valence-corrected chi connectivity index (χ0v) is 10.5. The van der Waals surface area contributed by atoms with Gasteiger partial charge in [-0.25, -0.2) is 0 Å². The summed E-state index contributed by atoms with van der Waals surface area (Å²) in [5, 5.41) is 0. The molecule has 0 amide bonds. The molecule has 2 atom stereocenters. The molecule has 0 spiro atoms. The van der Waals surface area contributed by atoms with E-state index in [1.54, 1.807) is 0 Å². The highest BCUT2D eigenvalue weighted by Gasteiger charge is 2.19. The second kappa shape index (κ2) is 5.95.